The van der Waals surface area contributed by atoms with Gasteiger partial charge in [-0.1, -0.05) is 18.2 Å². The molecule has 4 rings (SSSR count). The smallest absolute Gasteiger partial charge is 0.277 e. The zero-order valence-corrected chi connectivity index (χ0v) is 18.9. The van der Waals surface area contributed by atoms with Gasteiger partial charge in [0.05, 0.1) is 22.4 Å². The van der Waals surface area contributed by atoms with Crippen LogP contribution in [0.1, 0.15) is 33.1 Å². The molecule has 0 aliphatic carbocycles. The van der Waals surface area contributed by atoms with Gasteiger partial charge in [0, 0.05) is 23.5 Å². The Morgan fingerprint density at radius 3 is 2.58 bits per heavy atom. The van der Waals surface area contributed by atoms with E-state index < -0.39 is 0 Å². The fourth-order valence-corrected chi connectivity index (χ4v) is 3.50. The number of aryl methyl sites for hydroxylation is 2. The molecule has 0 saturated carbocycles. The predicted molar refractivity (Wildman–Crippen MR) is 117 cm³/mol. The lowest BCUT2D eigenvalue weighted by atomic mass is 10.2. The maximum atomic E-state index is 13.9. The number of amides is 1. The predicted octanol–water partition coefficient (Wildman–Crippen LogP) is 3.91. The van der Waals surface area contributed by atoms with E-state index in [-0.39, 0.29) is 24.0 Å². The molecular formula is C21H21BrFN7O. The van der Waals surface area contributed by atoms with Gasteiger partial charge in [-0.25, -0.2) is 9.07 Å². The summed E-state index contributed by atoms with van der Waals surface area (Å²) in [6.07, 6.45) is 1.72. The van der Waals surface area contributed by atoms with Crippen LogP contribution >= 0.6 is 15.9 Å². The van der Waals surface area contributed by atoms with E-state index in [2.05, 4.69) is 36.5 Å². The van der Waals surface area contributed by atoms with Gasteiger partial charge in [-0.3, -0.25) is 14.2 Å². The first-order valence-electron chi connectivity index (χ1n) is 9.64. The van der Waals surface area contributed by atoms with Crippen LogP contribution in [-0.4, -0.2) is 35.2 Å². The highest BCUT2D eigenvalue weighted by molar-refractivity contribution is 9.10. The summed E-state index contributed by atoms with van der Waals surface area (Å²) in [5.41, 5.74) is 3.47. The van der Waals surface area contributed by atoms with Gasteiger partial charge in [-0.05, 0) is 48.8 Å². The maximum Gasteiger partial charge on any atom is 0.277 e. The van der Waals surface area contributed by atoms with Crippen LogP contribution in [0.25, 0.3) is 0 Å². The third kappa shape index (κ3) is 4.43. The van der Waals surface area contributed by atoms with Crippen LogP contribution in [0.3, 0.4) is 0 Å². The van der Waals surface area contributed by atoms with Crippen LogP contribution in [-0.2, 0) is 13.2 Å². The molecule has 0 aliphatic heterocycles. The number of nitrogens with one attached hydrogen (secondary N) is 1. The van der Waals surface area contributed by atoms with E-state index >= 15 is 0 Å². The summed E-state index contributed by atoms with van der Waals surface area (Å²) >= 11 is 3.50. The summed E-state index contributed by atoms with van der Waals surface area (Å²) in [5.74, 6) is -0.275. The quantitative estimate of drug-likeness (QED) is 0.448. The molecule has 3 heterocycles. The number of anilines is 1. The molecule has 0 spiro atoms. The number of halogens is 2. The van der Waals surface area contributed by atoms with Crippen LogP contribution in [0, 0.1) is 26.6 Å². The summed E-state index contributed by atoms with van der Waals surface area (Å²) in [7, 11) is 0. The van der Waals surface area contributed by atoms with Crippen molar-refractivity contribution in [1.29, 1.82) is 0 Å². The van der Waals surface area contributed by atoms with Crippen molar-refractivity contribution in [2.45, 2.75) is 34.0 Å². The van der Waals surface area contributed by atoms with Gasteiger partial charge in [0.1, 0.15) is 12.5 Å². The summed E-state index contributed by atoms with van der Waals surface area (Å²) in [6, 6.07) is 9.93. The number of hydrogen-bond acceptors (Lipinski definition) is 4. The van der Waals surface area contributed by atoms with Crippen molar-refractivity contribution >= 4 is 27.7 Å². The first-order valence-corrected chi connectivity index (χ1v) is 10.4. The van der Waals surface area contributed by atoms with Crippen LogP contribution in [0.15, 0.2) is 47.1 Å². The first-order chi connectivity index (χ1) is 14.8. The fraction of sp³-hybridized carbons (Fsp3) is 0.238. The van der Waals surface area contributed by atoms with Crippen molar-refractivity contribution in [1.82, 2.24) is 29.3 Å². The van der Waals surface area contributed by atoms with Crippen molar-refractivity contribution in [3.8, 4) is 0 Å². The average molecular weight is 486 g/mol. The second-order valence-corrected chi connectivity index (χ2v) is 8.03. The third-order valence-corrected chi connectivity index (χ3v) is 6.09. The molecule has 3 aromatic heterocycles. The van der Waals surface area contributed by atoms with E-state index in [1.54, 1.807) is 45.9 Å². The second kappa shape index (κ2) is 8.46. The zero-order chi connectivity index (χ0) is 22.1. The number of carbonyl (C=O) groups excluding carboxylic acids is 1. The number of hydrogen-bond donors (Lipinski definition) is 1. The SMILES string of the molecule is Cc1nn(Cn2ccc(C(=O)Nc3cc(C)n(Cc4ccccc4F)n3)n2)c(C)c1Br. The van der Waals surface area contributed by atoms with Gasteiger partial charge in [-0.2, -0.15) is 15.3 Å². The van der Waals surface area contributed by atoms with Crippen molar-refractivity contribution in [3.05, 3.63) is 81.2 Å². The molecule has 1 amide bonds. The van der Waals surface area contributed by atoms with Gasteiger partial charge < -0.3 is 5.32 Å². The zero-order valence-electron chi connectivity index (χ0n) is 17.3. The lowest BCUT2D eigenvalue weighted by molar-refractivity contribution is 0.102. The molecule has 0 bridgehead atoms. The Kier molecular flexibility index (Phi) is 5.73. The summed E-state index contributed by atoms with van der Waals surface area (Å²) in [6.45, 7) is 6.40. The summed E-state index contributed by atoms with van der Waals surface area (Å²) < 4.78 is 20.0. The van der Waals surface area contributed by atoms with Gasteiger partial charge in [0.25, 0.3) is 5.91 Å². The molecule has 1 aromatic carbocycles. The molecule has 0 saturated heterocycles. The Bertz CT molecular complexity index is 1260. The van der Waals surface area contributed by atoms with Gasteiger partial charge in [-0.15, -0.1) is 0 Å². The van der Waals surface area contributed by atoms with E-state index in [0.717, 1.165) is 21.6 Å². The summed E-state index contributed by atoms with van der Waals surface area (Å²) in [5, 5.41) is 15.9. The molecule has 1 N–H and O–H groups in total. The highest BCUT2D eigenvalue weighted by atomic mass is 79.9. The Morgan fingerprint density at radius 1 is 1.10 bits per heavy atom. The number of aromatic nitrogens is 6. The van der Waals surface area contributed by atoms with Crippen molar-refractivity contribution in [2.75, 3.05) is 5.32 Å². The molecule has 0 fully saturated rings. The molecule has 8 nitrogen and oxygen atoms in total. The average Bonchev–Trinajstić information content (AvgIpc) is 3.40. The third-order valence-electron chi connectivity index (χ3n) is 4.95. The monoisotopic (exact) mass is 485 g/mol. The van der Waals surface area contributed by atoms with Gasteiger partial charge in [0.2, 0.25) is 0 Å². The van der Waals surface area contributed by atoms with E-state index in [1.165, 1.54) is 6.07 Å². The molecule has 31 heavy (non-hydrogen) atoms. The number of carbonyl (C=O) groups is 1. The van der Waals surface area contributed by atoms with Crippen molar-refractivity contribution < 1.29 is 9.18 Å². The highest BCUT2D eigenvalue weighted by Gasteiger charge is 2.15. The van der Waals surface area contributed by atoms with Gasteiger partial charge >= 0.3 is 0 Å². The van der Waals surface area contributed by atoms with E-state index in [1.807, 2.05) is 25.5 Å². The Morgan fingerprint density at radius 2 is 1.87 bits per heavy atom. The van der Waals surface area contributed by atoms with Crippen molar-refractivity contribution in [3.63, 3.8) is 0 Å². The summed E-state index contributed by atoms with van der Waals surface area (Å²) in [4.78, 5) is 12.6. The molecule has 4 aromatic rings. The van der Waals surface area contributed by atoms with Crippen molar-refractivity contribution in [2.24, 2.45) is 0 Å². The molecule has 0 radical (unpaired) electrons. The van der Waals surface area contributed by atoms with Crippen LogP contribution in [0.2, 0.25) is 0 Å². The Balaban J connectivity index is 1.44. The molecular weight excluding hydrogens is 465 g/mol. The normalized spacial score (nSPS) is 11.1. The molecule has 0 atom stereocenters. The van der Waals surface area contributed by atoms with Crippen LogP contribution < -0.4 is 5.32 Å². The topological polar surface area (TPSA) is 82.6 Å². The molecule has 10 heteroatoms. The lowest BCUT2D eigenvalue weighted by Gasteiger charge is -2.05. The minimum Gasteiger partial charge on any atom is -0.304 e. The molecule has 0 unspecified atom stereocenters. The van der Waals surface area contributed by atoms with E-state index in [4.69, 9.17) is 0 Å². The highest BCUT2D eigenvalue weighted by Crippen LogP contribution is 2.20. The van der Waals surface area contributed by atoms with Gasteiger partial charge in [0.15, 0.2) is 11.5 Å². The van der Waals surface area contributed by atoms with Crippen LogP contribution in [0.5, 0.6) is 0 Å². The standard InChI is InChI=1S/C21H21BrFN7O/c1-13-10-19(27-29(13)11-16-6-4-5-7-17(16)23)24-21(31)18-8-9-28(26-18)12-30-15(3)20(22)14(2)25-30/h4-10H,11-12H2,1-3H3,(H,24,27,31). The number of rotatable bonds is 6. The molecule has 0 aliphatic rings. The first kappa shape index (κ1) is 21.0. The lowest BCUT2D eigenvalue weighted by Crippen LogP contribution is -2.16. The molecule has 160 valence electrons. The minimum atomic E-state index is -0.371. The van der Waals surface area contributed by atoms with E-state index in [0.29, 0.717) is 18.1 Å². The van der Waals surface area contributed by atoms with Crippen LogP contribution in [0.4, 0.5) is 10.2 Å². The fourth-order valence-electron chi connectivity index (χ4n) is 3.21. The maximum absolute atomic E-state index is 13.9. The second-order valence-electron chi connectivity index (χ2n) is 7.24. The largest absolute Gasteiger partial charge is 0.304 e. The minimum absolute atomic E-state index is 0.266. The van der Waals surface area contributed by atoms with E-state index in [9.17, 15) is 9.18 Å². The number of nitrogens with zero attached hydrogens (tertiary/aromatic N) is 6. The number of benzene rings is 1. The Labute approximate surface area is 186 Å². The Hall–Kier alpha value is -3.27.